The lowest BCUT2D eigenvalue weighted by Crippen LogP contribution is -2.31. The number of carbonyl (C=O) groups excluding carboxylic acids is 2. The number of hydrogen-bond donors (Lipinski definition) is 0. The third kappa shape index (κ3) is 2.80. The summed E-state index contributed by atoms with van der Waals surface area (Å²) in [6.07, 6.45) is 1.00. The van der Waals surface area contributed by atoms with Gasteiger partial charge >= 0.3 is 0 Å². The number of fused-ring (bicyclic) bond motifs is 2. The van der Waals surface area contributed by atoms with Crippen LogP contribution in [-0.4, -0.2) is 40.3 Å². The van der Waals surface area contributed by atoms with Crippen molar-refractivity contribution in [3.05, 3.63) is 63.4 Å². The van der Waals surface area contributed by atoms with Gasteiger partial charge in [-0.15, -0.1) is 0 Å². The normalized spacial score (nSPS) is 14.3. The minimum Gasteiger partial charge on any atom is -0.269 e. The molecule has 27 heavy (non-hydrogen) atoms. The predicted molar refractivity (Wildman–Crippen MR) is 101 cm³/mol. The molecule has 138 valence electrons. The van der Waals surface area contributed by atoms with Gasteiger partial charge in [0.05, 0.1) is 45.0 Å². The van der Waals surface area contributed by atoms with Gasteiger partial charge in [0.25, 0.3) is 11.8 Å². The van der Waals surface area contributed by atoms with E-state index in [-0.39, 0.29) is 39.1 Å². The second kappa shape index (κ2) is 6.05. The van der Waals surface area contributed by atoms with E-state index in [4.69, 9.17) is 23.2 Å². The lowest BCUT2D eigenvalue weighted by molar-refractivity contribution is 0.0638. The molecule has 2 aromatic carbocycles. The minimum atomic E-state index is -3.79. The maximum absolute atomic E-state index is 12.6. The molecule has 0 saturated carbocycles. The molecule has 10 heteroatoms. The molecule has 0 radical (unpaired) electrons. The Kier molecular flexibility index (Phi) is 4.03. The molecule has 0 bridgehead atoms. The van der Waals surface area contributed by atoms with E-state index in [2.05, 4.69) is 4.98 Å². The molecule has 0 aliphatic carbocycles. The first-order chi connectivity index (χ1) is 12.7. The molecule has 0 fully saturated rings. The number of aromatic nitrogens is 2. The first-order valence-electron chi connectivity index (χ1n) is 7.70. The van der Waals surface area contributed by atoms with Gasteiger partial charge in [0.15, 0.2) is 0 Å². The number of benzene rings is 2. The number of rotatable bonds is 3. The standard InChI is InChI=1S/C17H11Cl2N3O4S/c1-27(25,26)22-14-7-12(19)11(18)6-13(14)20-15(22)8-21-16(23)9-4-2-3-5-10(9)17(21)24/h2-7H,8H2,1H3. The first-order valence-corrected chi connectivity index (χ1v) is 10.3. The fourth-order valence-electron chi connectivity index (χ4n) is 3.10. The van der Waals surface area contributed by atoms with Crippen LogP contribution in [0.5, 0.6) is 0 Å². The van der Waals surface area contributed by atoms with E-state index in [0.29, 0.717) is 5.52 Å². The van der Waals surface area contributed by atoms with Gasteiger partial charge in [0.2, 0.25) is 10.0 Å². The third-order valence-corrected chi connectivity index (χ3v) is 6.02. The van der Waals surface area contributed by atoms with Crippen LogP contribution in [-0.2, 0) is 16.6 Å². The van der Waals surface area contributed by atoms with E-state index < -0.39 is 21.8 Å². The van der Waals surface area contributed by atoms with Crippen LogP contribution in [0.2, 0.25) is 10.0 Å². The number of hydrogen-bond acceptors (Lipinski definition) is 5. The maximum Gasteiger partial charge on any atom is 0.261 e. The van der Waals surface area contributed by atoms with Crippen LogP contribution in [0.25, 0.3) is 11.0 Å². The Labute approximate surface area is 164 Å². The molecular formula is C17H11Cl2N3O4S. The molecule has 0 unspecified atom stereocenters. The highest BCUT2D eigenvalue weighted by Crippen LogP contribution is 2.30. The van der Waals surface area contributed by atoms with Gasteiger partial charge in [-0.3, -0.25) is 14.5 Å². The summed E-state index contributed by atoms with van der Waals surface area (Å²) in [4.78, 5) is 30.4. The van der Waals surface area contributed by atoms with Crippen molar-refractivity contribution < 1.29 is 18.0 Å². The van der Waals surface area contributed by atoms with Crippen LogP contribution < -0.4 is 0 Å². The summed E-state index contributed by atoms with van der Waals surface area (Å²) in [5, 5.41) is 0.385. The Hall–Kier alpha value is -2.42. The van der Waals surface area contributed by atoms with Crippen molar-refractivity contribution in [2.45, 2.75) is 6.54 Å². The van der Waals surface area contributed by atoms with Crippen LogP contribution in [0.1, 0.15) is 26.5 Å². The van der Waals surface area contributed by atoms with E-state index in [1.807, 2.05) is 0 Å². The van der Waals surface area contributed by atoms with Gasteiger partial charge in [-0.05, 0) is 24.3 Å². The average Bonchev–Trinajstić information content (AvgIpc) is 3.06. The summed E-state index contributed by atoms with van der Waals surface area (Å²) in [5.41, 5.74) is 1.06. The third-order valence-electron chi connectivity index (χ3n) is 4.23. The summed E-state index contributed by atoms with van der Waals surface area (Å²) in [7, 11) is -3.79. The van der Waals surface area contributed by atoms with E-state index in [1.165, 1.54) is 12.1 Å². The molecule has 2 amide bonds. The van der Waals surface area contributed by atoms with Crippen molar-refractivity contribution in [3.63, 3.8) is 0 Å². The number of carbonyl (C=O) groups is 2. The second-order valence-corrected chi connectivity index (χ2v) is 8.70. The number of halogens is 2. The molecule has 0 atom stereocenters. The molecule has 3 aromatic rings. The van der Waals surface area contributed by atoms with Gasteiger partial charge in [-0.25, -0.2) is 17.4 Å². The molecule has 1 aromatic heterocycles. The monoisotopic (exact) mass is 423 g/mol. The lowest BCUT2D eigenvalue weighted by Gasteiger charge is -2.14. The molecule has 1 aliphatic rings. The Morgan fingerprint density at radius 3 is 2.11 bits per heavy atom. The fraction of sp³-hybridized carbons (Fsp3) is 0.118. The summed E-state index contributed by atoms with van der Waals surface area (Å²) in [6, 6.07) is 9.24. The molecule has 7 nitrogen and oxygen atoms in total. The van der Waals surface area contributed by atoms with Crippen molar-refractivity contribution in [1.82, 2.24) is 13.9 Å². The van der Waals surface area contributed by atoms with Crippen molar-refractivity contribution in [3.8, 4) is 0 Å². The summed E-state index contributed by atoms with van der Waals surface area (Å²) in [6.45, 7) is -0.302. The summed E-state index contributed by atoms with van der Waals surface area (Å²) in [5.74, 6) is -0.988. The zero-order valence-corrected chi connectivity index (χ0v) is 16.1. The first kappa shape index (κ1) is 18.0. The van der Waals surface area contributed by atoms with Crippen molar-refractivity contribution in [1.29, 1.82) is 0 Å². The zero-order chi connectivity index (χ0) is 19.5. The van der Waals surface area contributed by atoms with Gasteiger partial charge in [-0.1, -0.05) is 35.3 Å². The Morgan fingerprint density at radius 2 is 1.56 bits per heavy atom. The van der Waals surface area contributed by atoms with Crippen molar-refractivity contribution in [2.24, 2.45) is 0 Å². The fourth-order valence-corrected chi connectivity index (χ4v) is 4.40. The number of imide groups is 1. The topological polar surface area (TPSA) is 89.3 Å². The van der Waals surface area contributed by atoms with Crippen LogP contribution in [0.3, 0.4) is 0 Å². The van der Waals surface area contributed by atoms with Gasteiger partial charge in [0.1, 0.15) is 5.82 Å². The van der Waals surface area contributed by atoms with Crippen LogP contribution in [0.15, 0.2) is 36.4 Å². The smallest absolute Gasteiger partial charge is 0.261 e. The minimum absolute atomic E-state index is 0.0142. The number of amides is 2. The highest BCUT2D eigenvalue weighted by molar-refractivity contribution is 7.89. The summed E-state index contributed by atoms with van der Waals surface area (Å²) < 4.78 is 25.6. The van der Waals surface area contributed by atoms with Crippen LogP contribution >= 0.6 is 23.2 Å². The molecule has 0 saturated heterocycles. The Bertz CT molecular complexity index is 1220. The predicted octanol–water partition coefficient (Wildman–Crippen LogP) is 2.95. The van der Waals surface area contributed by atoms with Crippen molar-refractivity contribution >= 4 is 56.1 Å². The Balaban J connectivity index is 1.86. The highest BCUT2D eigenvalue weighted by atomic mass is 35.5. The van der Waals surface area contributed by atoms with Crippen LogP contribution in [0.4, 0.5) is 0 Å². The molecular weight excluding hydrogens is 413 g/mol. The second-order valence-electron chi connectivity index (χ2n) is 6.05. The van der Waals surface area contributed by atoms with Crippen molar-refractivity contribution in [2.75, 3.05) is 6.26 Å². The SMILES string of the molecule is CS(=O)(=O)n1c(CN2C(=O)c3ccccc3C2=O)nc2cc(Cl)c(Cl)cc21. The lowest BCUT2D eigenvalue weighted by atomic mass is 10.1. The highest BCUT2D eigenvalue weighted by Gasteiger charge is 2.36. The van der Waals surface area contributed by atoms with E-state index in [9.17, 15) is 18.0 Å². The summed E-state index contributed by atoms with van der Waals surface area (Å²) >= 11 is 12.0. The van der Waals surface area contributed by atoms with Crippen LogP contribution in [0, 0.1) is 0 Å². The Morgan fingerprint density at radius 1 is 1.00 bits per heavy atom. The maximum atomic E-state index is 12.6. The quantitative estimate of drug-likeness (QED) is 0.604. The van der Waals surface area contributed by atoms with E-state index >= 15 is 0 Å². The number of imidazole rings is 1. The molecule has 1 aliphatic heterocycles. The largest absolute Gasteiger partial charge is 0.269 e. The molecule has 0 spiro atoms. The molecule has 2 heterocycles. The van der Waals surface area contributed by atoms with E-state index in [1.54, 1.807) is 24.3 Å². The molecule has 4 rings (SSSR count). The van der Waals surface area contributed by atoms with Gasteiger partial charge < -0.3 is 0 Å². The van der Waals surface area contributed by atoms with Gasteiger partial charge in [0, 0.05) is 0 Å². The van der Waals surface area contributed by atoms with E-state index in [0.717, 1.165) is 15.1 Å². The zero-order valence-electron chi connectivity index (χ0n) is 13.8. The number of nitrogens with zero attached hydrogens (tertiary/aromatic N) is 3. The molecule has 0 N–H and O–H groups in total. The van der Waals surface area contributed by atoms with Gasteiger partial charge in [-0.2, -0.15) is 0 Å². The average molecular weight is 424 g/mol.